The zero-order valence-electron chi connectivity index (χ0n) is 17.5. The molecule has 2 aromatic heterocycles. The third-order valence-corrected chi connectivity index (χ3v) is 5.12. The molecular weight excluding hydrogens is 378 g/mol. The van der Waals surface area contributed by atoms with E-state index >= 15 is 0 Å². The maximum absolute atomic E-state index is 13.3. The Kier molecular flexibility index (Phi) is 5.31. The van der Waals surface area contributed by atoms with Crippen molar-refractivity contribution < 1.29 is 4.79 Å². The van der Waals surface area contributed by atoms with E-state index in [1.165, 1.54) is 11.0 Å². The van der Waals surface area contributed by atoms with Crippen LogP contribution in [-0.2, 0) is 0 Å². The molecule has 0 aliphatic rings. The van der Waals surface area contributed by atoms with Gasteiger partial charge >= 0.3 is 0 Å². The lowest BCUT2D eigenvalue weighted by atomic mass is 10.0. The maximum Gasteiger partial charge on any atom is 0.254 e. The first kappa shape index (κ1) is 19.8. The van der Waals surface area contributed by atoms with Crippen LogP contribution in [0.1, 0.15) is 56.0 Å². The second kappa shape index (κ2) is 8.06. The van der Waals surface area contributed by atoms with Crippen LogP contribution in [0.5, 0.6) is 0 Å². The van der Waals surface area contributed by atoms with Gasteiger partial charge in [0.25, 0.3) is 5.91 Å². The fourth-order valence-corrected chi connectivity index (χ4v) is 3.71. The average molecular weight is 403 g/mol. The topological polar surface area (TPSA) is 90.5 Å². The molecule has 0 saturated heterocycles. The minimum Gasteiger partial charge on any atom is -0.342 e. The summed E-state index contributed by atoms with van der Waals surface area (Å²) in [5.74, 6) is 0.806. The molecule has 8 nitrogen and oxygen atoms in total. The van der Waals surface area contributed by atoms with E-state index in [1.807, 2.05) is 36.4 Å². The molecule has 1 unspecified atom stereocenters. The molecule has 0 spiro atoms. The van der Waals surface area contributed by atoms with Gasteiger partial charge in [0.1, 0.15) is 12.2 Å². The molecule has 2 heterocycles. The Morgan fingerprint density at radius 2 is 1.73 bits per heavy atom. The number of carbonyl (C=O) groups excluding carboxylic acids is 1. The van der Waals surface area contributed by atoms with Crippen molar-refractivity contribution in [3.05, 3.63) is 66.2 Å². The van der Waals surface area contributed by atoms with Gasteiger partial charge in [-0.25, -0.2) is 4.98 Å². The van der Waals surface area contributed by atoms with Crippen molar-refractivity contribution in [2.24, 2.45) is 5.92 Å². The van der Waals surface area contributed by atoms with Gasteiger partial charge in [0.05, 0.1) is 28.3 Å². The minimum atomic E-state index is -0.255. The molecule has 30 heavy (non-hydrogen) atoms. The molecule has 154 valence electrons. The monoisotopic (exact) mass is 403 g/mol. The van der Waals surface area contributed by atoms with Crippen LogP contribution in [0.2, 0.25) is 0 Å². The highest BCUT2D eigenvalue weighted by Gasteiger charge is 2.27. The number of benzene rings is 2. The fourth-order valence-electron chi connectivity index (χ4n) is 3.71. The van der Waals surface area contributed by atoms with Gasteiger partial charge in [-0.3, -0.25) is 4.79 Å². The zero-order valence-corrected chi connectivity index (χ0v) is 17.5. The smallest absolute Gasteiger partial charge is 0.254 e. The molecule has 0 radical (unpaired) electrons. The Morgan fingerprint density at radius 3 is 2.43 bits per heavy atom. The first-order chi connectivity index (χ1) is 14.5. The number of hydrogen-bond acceptors (Lipinski definition) is 5. The first-order valence-corrected chi connectivity index (χ1v) is 10.1. The molecule has 4 aromatic rings. The molecule has 0 aliphatic heterocycles. The number of hydrogen-bond donors (Lipinski definition) is 1. The second-order valence-corrected chi connectivity index (χ2v) is 7.89. The number of imidazole rings is 1. The molecule has 1 atom stereocenters. The van der Waals surface area contributed by atoms with Crippen LogP contribution < -0.4 is 5.32 Å². The van der Waals surface area contributed by atoms with Crippen molar-refractivity contribution in [2.75, 3.05) is 0 Å². The van der Waals surface area contributed by atoms with Crippen LogP contribution in [0.25, 0.3) is 16.7 Å². The van der Waals surface area contributed by atoms with Gasteiger partial charge in [0.15, 0.2) is 0 Å². The van der Waals surface area contributed by atoms with E-state index in [0.717, 1.165) is 16.9 Å². The van der Waals surface area contributed by atoms with Gasteiger partial charge < -0.3 is 9.88 Å². The Hall–Kier alpha value is -3.55. The molecule has 0 fully saturated rings. The lowest BCUT2D eigenvalue weighted by Crippen LogP contribution is -2.34. The summed E-state index contributed by atoms with van der Waals surface area (Å²) < 4.78 is 3.69. The van der Waals surface area contributed by atoms with Gasteiger partial charge in [-0.05, 0) is 54.5 Å². The largest absolute Gasteiger partial charge is 0.342 e. The van der Waals surface area contributed by atoms with Crippen LogP contribution in [0, 0.1) is 5.92 Å². The second-order valence-electron chi connectivity index (χ2n) is 7.89. The van der Waals surface area contributed by atoms with Crippen molar-refractivity contribution in [3.63, 3.8) is 0 Å². The first-order valence-electron chi connectivity index (χ1n) is 10.1. The van der Waals surface area contributed by atoms with Gasteiger partial charge in [0.2, 0.25) is 0 Å². The molecule has 8 heteroatoms. The van der Waals surface area contributed by atoms with Crippen LogP contribution in [0.15, 0.2) is 54.9 Å². The highest BCUT2D eigenvalue weighted by Crippen LogP contribution is 2.29. The number of fused-ring (bicyclic) bond motifs is 1. The number of para-hydroxylation sites is 3. The van der Waals surface area contributed by atoms with E-state index < -0.39 is 0 Å². The van der Waals surface area contributed by atoms with Crippen molar-refractivity contribution in [1.29, 1.82) is 0 Å². The molecule has 0 bridgehead atoms. The molecule has 1 amide bonds. The molecular formula is C22H25N7O. The Balaban J connectivity index is 1.74. The number of nitrogens with zero attached hydrogens (tertiary/aromatic N) is 6. The van der Waals surface area contributed by atoms with Crippen LogP contribution in [0.4, 0.5) is 0 Å². The minimum absolute atomic E-state index is 0.142. The standard InChI is InChI=1S/C22H25N7O/c1-14(2)20(21-24-17-10-6-8-12-19(17)29(21)15(3)4)25-22(30)16-9-5-7-11-18(16)28-13-23-26-27-28/h5-15,20H,1-4H3,(H,25,30). The number of carbonyl (C=O) groups is 1. The van der Waals surface area contributed by atoms with Crippen molar-refractivity contribution >= 4 is 16.9 Å². The summed E-state index contributed by atoms with van der Waals surface area (Å²) in [4.78, 5) is 18.2. The van der Waals surface area contributed by atoms with E-state index in [0.29, 0.717) is 11.3 Å². The Morgan fingerprint density at radius 1 is 1.00 bits per heavy atom. The fraction of sp³-hybridized carbons (Fsp3) is 0.318. The summed E-state index contributed by atoms with van der Waals surface area (Å²) in [5, 5.41) is 14.5. The van der Waals surface area contributed by atoms with Gasteiger partial charge in [-0.1, -0.05) is 38.1 Å². The van der Waals surface area contributed by atoms with Crippen LogP contribution >= 0.6 is 0 Å². The predicted octanol–water partition coefficient (Wildman–Crippen LogP) is 3.72. The number of nitrogens with one attached hydrogen (secondary N) is 1. The van der Waals surface area contributed by atoms with Crippen LogP contribution in [-0.4, -0.2) is 35.7 Å². The number of amides is 1. The number of tetrazole rings is 1. The predicted molar refractivity (Wildman–Crippen MR) is 114 cm³/mol. The van der Waals surface area contributed by atoms with Crippen molar-refractivity contribution in [3.8, 4) is 5.69 Å². The van der Waals surface area contributed by atoms with Crippen molar-refractivity contribution in [2.45, 2.75) is 39.8 Å². The Labute approximate surface area is 174 Å². The normalized spacial score (nSPS) is 12.6. The van der Waals surface area contributed by atoms with E-state index in [2.05, 4.69) is 59.2 Å². The van der Waals surface area contributed by atoms with Crippen LogP contribution in [0.3, 0.4) is 0 Å². The van der Waals surface area contributed by atoms with Gasteiger partial charge in [-0.15, -0.1) is 5.10 Å². The number of aromatic nitrogens is 6. The molecule has 0 aliphatic carbocycles. The molecule has 1 N–H and O–H groups in total. The summed E-state index contributed by atoms with van der Waals surface area (Å²) in [5.41, 5.74) is 3.12. The molecule has 4 rings (SSSR count). The quantitative estimate of drug-likeness (QED) is 0.530. The maximum atomic E-state index is 13.3. The van der Waals surface area contributed by atoms with Crippen molar-refractivity contribution in [1.82, 2.24) is 35.1 Å². The molecule has 2 aromatic carbocycles. The summed E-state index contributed by atoms with van der Waals surface area (Å²) in [6, 6.07) is 15.3. The van der Waals surface area contributed by atoms with Gasteiger partial charge in [0, 0.05) is 6.04 Å². The van der Waals surface area contributed by atoms with E-state index in [1.54, 1.807) is 6.07 Å². The Bertz CT molecular complexity index is 1160. The average Bonchev–Trinajstić information content (AvgIpc) is 3.39. The summed E-state index contributed by atoms with van der Waals surface area (Å²) in [7, 11) is 0. The van der Waals surface area contributed by atoms with E-state index in [4.69, 9.17) is 4.98 Å². The highest BCUT2D eigenvalue weighted by molar-refractivity contribution is 5.98. The third kappa shape index (κ3) is 3.56. The summed E-state index contributed by atoms with van der Waals surface area (Å²) in [6.45, 7) is 8.43. The van der Waals surface area contributed by atoms with E-state index in [-0.39, 0.29) is 23.9 Å². The summed E-state index contributed by atoms with van der Waals surface area (Å²) in [6.07, 6.45) is 1.48. The van der Waals surface area contributed by atoms with Gasteiger partial charge in [-0.2, -0.15) is 4.68 Å². The SMILES string of the molecule is CC(C)C(NC(=O)c1ccccc1-n1cnnn1)c1nc2ccccc2n1C(C)C. The lowest BCUT2D eigenvalue weighted by molar-refractivity contribution is 0.0921. The number of rotatable bonds is 6. The third-order valence-electron chi connectivity index (χ3n) is 5.12. The zero-order chi connectivity index (χ0) is 21.3. The van der Waals surface area contributed by atoms with E-state index in [9.17, 15) is 4.79 Å². The summed E-state index contributed by atoms with van der Waals surface area (Å²) >= 11 is 0. The lowest BCUT2D eigenvalue weighted by Gasteiger charge is -2.25. The highest BCUT2D eigenvalue weighted by atomic mass is 16.1. The molecule has 0 saturated carbocycles.